The number of ether oxygens (including phenoxy) is 3. The van der Waals surface area contributed by atoms with Gasteiger partial charge in [0.1, 0.15) is 21.4 Å². The Kier molecular flexibility index (Phi) is 20.0. The van der Waals surface area contributed by atoms with Crippen LogP contribution >= 0.6 is 22.7 Å². The van der Waals surface area contributed by atoms with Crippen molar-refractivity contribution < 1.29 is 72.4 Å². The van der Waals surface area contributed by atoms with E-state index < -0.39 is 5.97 Å². The summed E-state index contributed by atoms with van der Waals surface area (Å²) >= 11 is 2.66. The zero-order valence-corrected chi connectivity index (χ0v) is 56.9. The van der Waals surface area contributed by atoms with Crippen LogP contribution in [0, 0.1) is 10.8 Å². The monoisotopic (exact) mass is 1350 g/mol. The molecule has 0 radical (unpaired) electrons. The van der Waals surface area contributed by atoms with Crippen molar-refractivity contribution in [1.29, 1.82) is 0 Å². The fourth-order valence-electron chi connectivity index (χ4n) is 15.3. The number of nitrogens with zero attached hydrogens (tertiary/aromatic N) is 6. The Labute approximate surface area is 589 Å². The molecule has 2 aliphatic carbocycles. The predicted molar refractivity (Wildman–Crippen MR) is 375 cm³/mol. The second-order valence-corrected chi connectivity index (χ2v) is 28.9. The maximum Gasteiger partial charge on any atom is 1.00 e. The van der Waals surface area contributed by atoms with Gasteiger partial charge in [0.2, 0.25) is 0 Å². The molecule has 19 nitrogen and oxygen atoms in total. The zero-order chi connectivity index (χ0) is 65.7. The Balaban J connectivity index is 0.000000173. The van der Waals surface area contributed by atoms with E-state index in [1.165, 1.54) is 33.8 Å². The van der Waals surface area contributed by atoms with Gasteiger partial charge in [-0.05, 0) is 204 Å². The minimum absolute atomic E-state index is 0. The van der Waals surface area contributed by atoms with Crippen LogP contribution in [0.4, 0.5) is 34.4 Å². The molecule has 4 saturated heterocycles. The predicted octanol–water partition coefficient (Wildman–Crippen LogP) is 10.2. The summed E-state index contributed by atoms with van der Waals surface area (Å²) in [6, 6.07) is 37.4. The third-order valence-corrected chi connectivity index (χ3v) is 22.9. The van der Waals surface area contributed by atoms with Crippen LogP contribution in [0.5, 0.6) is 0 Å². The second kappa shape index (κ2) is 28.7. The van der Waals surface area contributed by atoms with E-state index in [4.69, 9.17) is 24.2 Å². The molecular weight excluding hydrogens is 1270 g/mol. The first-order valence-corrected chi connectivity index (χ1v) is 35.4. The Morgan fingerprint density at radius 1 is 0.531 bits per heavy atom. The molecule has 6 aliphatic heterocycles. The molecule has 16 rings (SSSR count). The topological polar surface area (TPSA) is 243 Å². The molecule has 8 aromatic rings. The number of aromatic carboxylic acids is 1. The summed E-state index contributed by atoms with van der Waals surface area (Å²) in [5.41, 5.74) is 13.9. The summed E-state index contributed by atoms with van der Waals surface area (Å²) in [6.45, 7) is 9.81. The van der Waals surface area contributed by atoms with Gasteiger partial charge in [0.15, 0.2) is 0 Å². The number of rotatable bonds is 11. The Bertz CT molecular complexity index is 4370. The van der Waals surface area contributed by atoms with Crippen LogP contribution in [0.2, 0.25) is 0 Å². The number of aromatic nitrogens is 2. The number of amides is 4. The van der Waals surface area contributed by atoms with Crippen molar-refractivity contribution >= 4 is 92.6 Å². The Morgan fingerprint density at radius 2 is 0.939 bits per heavy atom. The summed E-state index contributed by atoms with van der Waals surface area (Å²) in [5.74, 6) is -0.346. The number of benzene rings is 4. The van der Waals surface area contributed by atoms with E-state index in [0.29, 0.717) is 75.9 Å². The first-order chi connectivity index (χ1) is 46.8. The van der Waals surface area contributed by atoms with Gasteiger partial charge in [0.25, 0.3) is 23.6 Å². The summed E-state index contributed by atoms with van der Waals surface area (Å²) in [5, 5.41) is 15.7. The summed E-state index contributed by atoms with van der Waals surface area (Å²) < 4.78 is 16.5. The van der Waals surface area contributed by atoms with Gasteiger partial charge >= 0.3 is 30.8 Å². The van der Waals surface area contributed by atoms with Crippen LogP contribution in [-0.2, 0) is 52.7 Å². The van der Waals surface area contributed by atoms with E-state index >= 15 is 0 Å². The SMILES string of the molecule is CCOC(=O)c1cc2c(s1)-c1ccccc1N(C(=O)c1ccc(NC(=O)c3cc4c(nc3N3CC5(CCOCC5)C3)CCCC4)cc1)CC2.O=C(O)c1cc2c(s1)-c1ccccc1N(C(=O)c1ccc(NC(=O)c3cc4c(nc3N3CC5(CCOCC5)C3)CCCC4)cc1)CC2.[Li+].[OH-]. The van der Waals surface area contributed by atoms with Gasteiger partial charge in [-0.1, -0.05) is 36.4 Å². The quantitative estimate of drug-likeness (QED) is 0.0806. The van der Waals surface area contributed by atoms with Crippen LogP contribution in [0.15, 0.2) is 121 Å². The number of aryl methyl sites for hydroxylation is 4. The number of pyridine rings is 2. The summed E-state index contributed by atoms with van der Waals surface area (Å²) in [6.07, 6.45) is 13.6. The van der Waals surface area contributed by atoms with Crippen LogP contribution in [0.1, 0.15) is 153 Å². The molecule has 8 aliphatic rings. The minimum atomic E-state index is -0.941. The number of esters is 1. The number of fused-ring (bicyclic) bond motifs is 8. The van der Waals surface area contributed by atoms with Crippen LogP contribution < -0.4 is 49.1 Å². The number of para-hydroxylation sites is 2. The molecule has 0 saturated carbocycles. The van der Waals surface area contributed by atoms with Crippen molar-refractivity contribution in [1.82, 2.24) is 9.97 Å². The molecule has 4 N–H and O–H groups in total. The van der Waals surface area contributed by atoms with E-state index in [-0.39, 0.29) is 64.8 Å². The number of carbonyl (C=O) groups excluding carboxylic acids is 5. The first-order valence-electron chi connectivity index (χ1n) is 33.8. The van der Waals surface area contributed by atoms with E-state index in [0.717, 1.165) is 196 Å². The average Bonchev–Trinajstić information content (AvgIpc) is 1.12. The summed E-state index contributed by atoms with van der Waals surface area (Å²) in [7, 11) is 0. The Hall–Kier alpha value is -8.52. The first kappa shape index (κ1) is 68.0. The van der Waals surface area contributed by atoms with Crippen molar-refractivity contribution in [2.75, 3.05) is 103 Å². The van der Waals surface area contributed by atoms with Gasteiger partial charge in [-0.15, -0.1) is 22.7 Å². The Morgan fingerprint density at radius 3 is 1.37 bits per heavy atom. The van der Waals surface area contributed by atoms with Gasteiger partial charge in [-0.2, -0.15) is 0 Å². The third kappa shape index (κ3) is 13.5. The molecule has 0 unspecified atom stereocenters. The van der Waals surface area contributed by atoms with Crippen LogP contribution in [0.25, 0.3) is 20.9 Å². The number of hydrogen-bond acceptors (Lipinski definition) is 16. The van der Waals surface area contributed by atoms with Crippen molar-refractivity contribution in [3.05, 3.63) is 187 Å². The molecule has 4 aromatic heterocycles. The van der Waals surface area contributed by atoms with Gasteiger partial charge < -0.3 is 55.0 Å². The van der Waals surface area contributed by atoms with Gasteiger partial charge in [-0.25, -0.2) is 19.6 Å². The number of thiophene rings is 2. The molecule has 98 heavy (non-hydrogen) atoms. The fourth-order valence-corrected chi connectivity index (χ4v) is 17.5. The molecule has 4 aromatic carbocycles. The standard InChI is InChI=1S/C39H40N4O5S.C37H36N4O5S.Li.H2O/c1-2-48-38(46)33-22-27-15-18-43(32-10-6-4-8-29(32)34(27)49-33)37(45)25-11-13-28(14-12-25)40-36(44)30-21-26-7-3-5-9-31(26)41-35(30)42-23-39(24-42)16-19-47-20-17-39;42-34(28-19-24-5-1-3-7-29(24)39-33(28)40-21-37(22-40)14-17-46-18-15-37)38-26-11-9-23(10-12-26)35(43)41-16-13-25-20-31(36(44)45)47-32(25)27-6-2-4-8-30(27)41;;/h4,6,8,10-14,21-22H,2-3,5,7,9,15-20,23-24H2,1H3,(H,40,44);2,4,6,8-12,19-20H,1,3,5,7,13-18,21-22H2,(H,38,42)(H,44,45);;1H2/q;;+1;/p-1. The fraction of sp³-hybridized carbons (Fsp3) is 0.368. The summed E-state index contributed by atoms with van der Waals surface area (Å²) in [4.78, 5) is 101. The molecule has 10 heterocycles. The number of nitrogens with one attached hydrogen (secondary N) is 2. The maximum atomic E-state index is 14.0. The molecule has 0 atom stereocenters. The van der Waals surface area contributed by atoms with E-state index in [2.05, 4.69) is 26.5 Å². The number of anilines is 6. The van der Waals surface area contributed by atoms with E-state index in [1.54, 1.807) is 66.4 Å². The molecule has 500 valence electrons. The molecular formula is C76H77LiN8O11S2. The van der Waals surface area contributed by atoms with Crippen molar-refractivity contribution in [3.63, 3.8) is 0 Å². The zero-order valence-electron chi connectivity index (χ0n) is 55.3. The van der Waals surface area contributed by atoms with E-state index in [9.17, 15) is 33.9 Å². The molecule has 4 amide bonds. The molecule has 2 spiro atoms. The maximum absolute atomic E-state index is 14.0. The van der Waals surface area contributed by atoms with E-state index in [1.807, 2.05) is 65.6 Å². The molecule has 4 fully saturated rings. The number of carbonyl (C=O) groups is 6. The number of hydrogen-bond donors (Lipinski definition) is 3. The van der Waals surface area contributed by atoms with Crippen molar-refractivity contribution in [3.8, 4) is 20.9 Å². The van der Waals surface area contributed by atoms with Gasteiger partial charge in [0.05, 0.1) is 29.1 Å². The number of carboxylic acids is 1. The smallest absolute Gasteiger partial charge is 0.870 e. The van der Waals surface area contributed by atoms with Crippen LogP contribution in [-0.4, -0.2) is 128 Å². The molecule has 0 bridgehead atoms. The van der Waals surface area contributed by atoms with Crippen molar-refractivity contribution in [2.45, 2.75) is 96.8 Å². The van der Waals surface area contributed by atoms with Gasteiger partial charge in [0, 0.05) is 131 Å². The van der Waals surface area contributed by atoms with Gasteiger partial charge in [-0.3, -0.25) is 19.2 Å². The average molecular weight is 1350 g/mol. The third-order valence-electron chi connectivity index (χ3n) is 20.5. The largest absolute Gasteiger partial charge is 1.00 e. The number of carboxylic acid groups (broad SMARTS) is 1. The minimum Gasteiger partial charge on any atom is -0.870 e. The molecule has 22 heteroatoms. The van der Waals surface area contributed by atoms with Crippen molar-refractivity contribution in [2.24, 2.45) is 10.8 Å². The normalized spacial score (nSPS) is 17.4. The van der Waals surface area contributed by atoms with Crippen LogP contribution in [0.3, 0.4) is 0 Å². The second-order valence-electron chi connectivity index (χ2n) is 26.7.